The third-order valence-electron chi connectivity index (χ3n) is 5.41. The summed E-state index contributed by atoms with van der Waals surface area (Å²) in [6, 6.07) is 14.7. The number of benzene rings is 2. The van der Waals surface area contributed by atoms with Crippen molar-refractivity contribution in [3.63, 3.8) is 0 Å². The Morgan fingerprint density at radius 1 is 1.12 bits per heavy atom. The minimum Gasteiger partial charge on any atom is -0.330 e. The van der Waals surface area contributed by atoms with Gasteiger partial charge in [-0.3, -0.25) is 9.59 Å². The summed E-state index contributed by atoms with van der Waals surface area (Å²) in [5, 5.41) is 9.57. The van der Waals surface area contributed by atoms with Crippen molar-refractivity contribution in [3.8, 4) is 6.07 Å². The van der Waals surface area contributed by atoms with Crippen LogP contribution >= 0.6 is 39.1 Å². The lowest BCUT2D eigenvalue weighted by Crippen LogP contribution is -2.58. The maximum atomic E-state index is 13.8. The third kappa shape index (κ3) is 6.96. The van der Waals surface area contributed by atoms with Gasteiger partial charge in [0, 0.05) is 46.6 Å². The van der Waals surface area contributed by atoms with Gasteiger partial charge in [0.05, 0.1) is 6.07 Å². The number of anilines is 1. The molecule has 2 rings (SSSR count). The van der Waals surface area contributed by atoms with Gasteiger partial charge in [0.25, 0.3) is 5.91 Å². The fourth-order valence-electron chi connectivity index (χ4n) is 3.59. The highest BCUT2D eigenvalue weighted by Gasteiger charge is 2.41. The summed E-state index contributed by atoms with van der Waals surface area (Å²) in [5.41, 5.74) is 0.348. The average molecular weight is 539 g/mol. The number of likely N-dealkylation sites (N-methyl/N-ethyl adjacent to an activating group) is 1. The molecule has 32 heavy (non-hydrogen) atoms. The molecule has 5 nitrogen and oxygen atoms in total. The monoisotopic (exact) mass is 537 g/mol. The molecule has 0 aliphatic rings. The summed E-state index contributed by atoms with van der Waals surface area (Å²) < 4.78 is 0.935. The fraction of sp³-hybridized carbons (Fsp3) is 0.375. The zero-order chi connectivity index (χ0) is 23.7. The van der Waals surface area contributed by atoms with Gasteiger partial charge in [0.15, 0.2) is 0 Å². The van der Waals surface area contributed by atoms with E-state index >= 15 is 0 Å². The van der Waals surface area contributed by atoms with Gasteiger partial charge in [0.2, 0.25) is 6.41 Å². The van der Waals surface area contributed by atoms with Gasteiger partial charge in [-0.05, 0) is 55.7 Å². The second-order valence-corrected chi connectivity index (χ2v) is 9.63. The van der Waals surface area contributed by atoms with Crippen molar-refractivity contribution < 1.29 is 9.59 Å². The Hall–Kier alpha value is -2.07. The molecule has 2 aromatic carbocycles. The Morgan fingerprint density at radius 2 is 1.75 bits per heavy atom. The number of amides is 2. The highest BCUT2D eigenvalue weighted by Crippen LogP contribution is 2.30. The molecular formula is C24H26BrCl2N3O2. The molecule has 0 spiro atoms. The molecule has 170 valence electrons. The van der Waals surface area contributed by atoms with Crippen molar-refractivity contribution in [1.29, 1.82) is 5.26 Å². The second-order valence-electron chi connectivity index (χ2n) is 7.84. The van der Waals surface area contributed by atoms with Gasteiger partial charge in [-0.25, -0.2) is 0 Å². The Kier molecular flexibility index (Phi) is 10.0. The van der Waals surface area contributed by atoms with Crippen LogP contribution in [0.25, 0.3) is 0 Å². The van der Waals surface area contributed by atoms with Gasteiger partial charge >= 0.3 is 0 Å². The standard InChI is InChI=1S/C24H26BrCl2N3O2/c1-24(16-18-7-9-19(25)10-8-18,30(17-31)12-6-4-3-5-11-28)23(32)29(2)22-14-20(26)13-21(27)15-22/h7-10,13-15,17H,3-6,12,16H2,1-2H3/t24-/m1/s1. The second kappa shape index (κ2) is 12.2. The molecule has 2 amide bonds. The summed E-state index contributed by atoms with van der Waals surface area (Å²) in [7, 11) is 1.65. The molecule has 0 saturated heterocycles. The lowest BCUT2D eigenvalue weighted by molar-refractivity contribution is -0.137. The molecular weight excluding hydrogens is 513 g/mol. The summed E-state index contributed by atoms with van der Waals surface area (Å²) in [6.07, 6.45) is 3.83. The summed E-state index contributed by atoms with van der Waals surface area (Å²) in [6.45, 7) is 2.20. The molecule has 2 aromatic rings. The van der Waals surface area contributed by atoms with Crippen molar-refractivity contribution >= 4 is 57.1 Å². The molecule has 0 N–H and O–H groups in total. The number of halogens is 3. The van der Waals surface area contributed by atoms with Gasteiger partial charge in [-0.1, -0.05) is 57.7 Å². The van der Waals surface area contributed by atoms with Crippen LogP contribution in [0.15, 0.2) is 46.9 Å². The van der Waals surface area contributed by atoms with Crippen molar-refractivity contribution in [2.24, 2.45) is 0 Å². The van der Waals surface area contributed by atoms with E-state index < -0.39 is 5.54 Å². The molecule has 0 aromatic heterocycles. The Balaban J connectivity index is 2.36. The van der Waals surface area contributed by atoms with E-state index in [2.05, 4.69) is 22.0 Å². The maximum absolute atomic E-state index is 13.8. The number of carbonyl (C=O) groups excluding carboxylic acids is 2. The van der Waals surface area contributed by atoms with Gasteiger partial charge in [0.1, 0.15) is 5.54 Å². The predicted octanol–water partition coefficient (Wildman–Crippen LogP) is 6.26. The molecule has 0 aliphatic heterocycles. The molecule has 1 atom stereocenters. The highest BCUT2D eigenvalue weighted by atomic mass is 79.9. The van der Waals surface area contributed by atoms with Crippen LogP contribution in [0, 0.1) is 11.3 Å². The number of nitrogens with zero attached hydrogens (tertiary/aromatic N) is 3. The first-order chi connectivity index (χ1) is 15.2. The maximum Gasteiger partial charge on any atom is 0.252 e. The van der Waals surface area contributed by atoms with E-state index in [-0.39, 0.29) is 5.91 Å². The van der Waals surface area contributed by atoms with E-state index in [9.17, 15) is 9.59 Å². The number of hydrogen-bond acceptors (Lipinski definition) is 3. The van der Waals surface area contributed by atoms with Crippen LogP contribution < -0.4 is 4.90 Å². The number of rotatable bonds is 11. The van der Waals surface area contributed by atoms with Crippen molar-refractivity contribution in [2.75, 3.05) is 18.5 Å². The first kappa shape index (κ1) is 26.2. The van der Waals surface area contributed by atoms with Crippen LogP contribution in [0.4, 0.5) is 5.69 Å². The summed E-state index contributed by atoms with van der Waals surface area (Å²) in [4.78, 5) is 29.0. The lowest BCUT2D eigenvalue weighted by Gasteiger charge is -2.40. The molecule has 0 saturated carbocycles. The smallest absolute Gasteiger partial charge is 0.252 e. The minimum absolute atomic E-state index is 0.247. The molecule has 0 fully saturated rings. The average Bonchev–Trinajstić information content (AvgIpc) is 2.76. The third-order valence-corrected chi connectivity index (χ3v) is 6.38. The molecule has 0 unspecified atom stereocenters. The Morgan fingerprint density at radius 3 is 2.31 bits per heavy atom. The SMILES string of the molecule is CN(C(=O)[C@@](C)(Cc1ccc(Br)cc1)N(C=O)CCCCCC#N)c1cc(Cl)cc(Cl)c1. The zero-order valence-electron chi connectivity index (χ0n) is 18.2. The van der Waals surface area contributed by atoms with Crippen LogP contribution in [0.5, 0.6) is 0 Å². The normalized spacial score (nSPS) is 12.5. The van der Waals surface area contributed by atoms with Crippen LogP contribution in [0.3, 0.4) is 0 Å². The summed E-state index contributed by atoms with van der Waals surface area (Å²) in [5.74, 6) is -0.247. The van der Waals surface area contributed by atoms with Gasteiger partial charge in [-0.2, -0.15) is 5.26 Å². The molecule has 0 radical (unpaired) electrons. The largest absolute Gasteiger partial charge is 0.330 e. The van der Waals surface area contributed by atoms with Gasteiger partial charge in [-0.15, -0.1) is 0 Å². The molecule has 0 bridgehead atoms. The van der Waals surface area contributed by atoms with Crippen molar-refractivity contribution in [2.45, 2.75) is 44.6 Å². The minimum atomic E-state index is -1.13. The van der Waals surface area contributed by atoms with E-state index in [1.165, 1.54) is 4.90 Å². The van der Waals surface area contributed by atoms with E-state index in [1.807, 2.05) is 24.3 Å². The Labute approximate surface area is 208 Å². The first-order valence-corrected chi connectivity index (χ1v) is 11.8. The van der Waals surface area contributed by atoms with E-state index in [0.29, 0.717) is 41.5 Å². The van der Waals surface area contributed by atoms with Crippen LogP contribution in [0.2, 0.25) is 10.0 Å². The first-order valence-electron chi connectivity index (χ1n) is 10.3. The van der Waals surface area contributed by atoms with Crippen molar-refractivity contribution in [3.05, 3.63) is 62.5 Å². The topological polar surface area (TPSA) is 64.4 Å². The number of nitriles is 1. The van der Waals surface area contributed by atoms with Crippen molar-refractivity contribution in [1.82, 2.24) is 4.90 Å². The quantitative estimate of drug-likeness (QED) is 0.250. The molecule has 0 heterocycles. The Bertz CT molecular complexity index is 958. The van der Waals surface area contributed by atoms with Crippen LogP contribution in [-0.2, 0) is 16.0 Å². The zero-order valence-corrected chi connectivity index (χ0v) is 21.3. The molecule has 0 aliphatic carbocycles. The number of hydrogen-bond donors (Lipinski definition) is 0. The predicted molar refractivity (Wildman–Crippen MR) is 133 cm³/mol. The van der Waals surface area contributed by atoms with E-state index in [4.69, 9.17) is 28.5 Å². The highest BCUT2D eigenvalue weighted by molar-refractivity contribution is 9.10. The number of unbranched alkanes of at least 4 members (excludes halogenated alkanes) is 3. The van der Waals surface area contributed by atoms with E-state index in [1.54, 1.807) is 37.1 Å². The van der Waals surface area contributed by atoms with E-state index in [0.717, 1.165) is 29.3 Å². The lowest BCUT2D eigenvalue weighted by atomic mass is 9.89. The van der Waals surface area contributed by atoms with Gasteiger partial charge < -0.3 is 9.80 Å². The summed E-state index contributed by atoms with van der Waals surface area (Å²) >= 11 is 15.7. The number of carbonyl (C=O) groups is 2. The van der Waals surface area contributed by atoms with Crippen LogP contribution in [0.1, 0.15) is 38.2 Å². The fourth-order valence-corrected chi connectivity index (χ4v) is 4.37. The molecule has 8 heteroatoms. The van der Waals surface area contributed by atoms with Crippen LogP contribution in [-0.4, -0.2) is 36.3 Å².